The van der Waals surface area contributed by atoms with E-state index in [-0.39, 0.29) is 5.97 Å². The molecule has 1 aliphatic heterocycles. The smallest absolute Gasteiger partial charge is 0.310 e. The van der Waals surface area contributed by atoms with Crippen molar-refractivity contribution < 1.29 is 23.7 Å². The van der Waals surface area contributed by atoms with Gasteiger partial charge < -0.3 is 18.9 Å². The lowest BCUT2D eigenvalue weighted by Gasteiger charge is -2.08. The number of rotatable bonds is 5. The number of hydrogen-bond acceptors (Lipinski definition) is 5. The fourth-order valence-electron chi connectivity index (χ4n) is 2.62. The zero-order valence-corrected chi connectivity index (χ0v) is 14.5. The molecule has 1 aliphatic rings. The van der Waals surface area contributed by atoms with Crippen molar-refractivity contribution in [3.8, 4) is 23.0 Å². The monoisotopic (exact) mass is 340 g/mol. The largest absolute Gasteiger partial charge is 0.493 e. The standard InChI is InChI=1S/C20H20O5/c1-4-20(21)25-15-7-6-14-11-16(24-18(14)12-15)9-13-5-8-17(22-2)19(10-13)23-3/h5-10,12H,4,11H2,1-3H3. The van der Waals surface area contributed by atoms with E-state index in [0.717, 1.165) is 16.9 Å². The maximum absolute atomic E-state index is 11.4. The summed E-state index contributed by atoms with van der Waals surface area (Å²) in [5.74, 6) is 3.12. The SMILES string of the molecule is CCC(=O)Oc1ccc2c(c1)OC(=Cc1ccc(OC)c(OC)c1)C2. The third kappa shape index (κ3) is 3.76. The van der Waals surface area contributed by atoms with Gasteiger partial charge in [-0.2, -0.15) is 0 Å². The van der Waals surface area contributed by atoms with Crippen LogP contribution >= 0.6 is 0 Å². The van der Waals surface area contributed by atoms with Crippen LogP contribution in [0.2, 0.25) is 0 Å². The highest BCUT2D eigenvalue weighted by molar-refractivity contribution is 5.72. The molecule has 0 saturated carbocycles. The van der Waals surface area contributed by atoms with Crippen molar-refractivity contribution in [1.82, 2.24) is 0 Å². The Bertz CT molecular complexity index is 823. The van der Waals surface area contributed by atoms with Gasteiger partial charge in [-0.3, -0.25) is 4.79 Å². The minimum absolute atomic E-state index is 0.265. The maximum Gasteiger partial charge on any atom is 0.310 e. The van der Waals surface area contributed by atoms with E-state index in [0.29, 0.717) is 35.8 Å². The quantitative estimate of drug-likeness (QED) is 0.608. The molecular formula is C20H20O5. The second-order valence-corrected chi connectivity index (χ2v) is 5.60. The third-order valence-corrected chi connectivity index (χ3v) is 3.90. The molecular weight excluding hydrogens is 320 g/mol. The molecule has 0 spiro atoms. The van der Waals surface area contributed by atoms with Crippen molar-refractivity contribution in [1.29, 1.82) is 0 Å². The number of fused-ring (bicyclic) bond motifs is 1. The molecule has 25 heavy (non-hydrogen) atoms. The molecule has 130 valence electrons. The molecule has 0 saturated heterocycles. The minimum atomic E-state index is -0.265. The predicted octanol–water partition coefficient (Wildman–Crippen LogP) is 4.00. The van der Waals surface area contributed by atoms with Crippen LogP contribution in [0.3, 0.4) is 0 Å². The summed E-state index contributed by atoms with van der Waals surface area (Å²) in [5, 5.41) is 0. The van der Waals surface area contributed by atoms with Gasteiger partial charge in [0, 0.05) is 24.5 Å². The van der Waals surface area contributed by atoms with E-state index in [1.54, 1.807) is 33.3 Å². The Hall–Kier alpha value is -2.95. The van der Waals surface area contributed by atoms with Gasteiger partial charge in [0.25, 0.3) is 0 Å². The first-order valence-electron chi connectivity index (χ1n) is 8.07. The number of allylic oxidation sites excluding steroid dienone is 1. The highest BCUT2D eigenvalue weighted by Gasteiger charge is 2.19. The lowest BCUT2D eigenvalue weighted by molar-refractivity contribution is -0.134. The topological polar surface area (TPSA) is 54.0 Å². The number of esters is 1. The molecule has 0 bridgehead atoms. The first-order valence-corrected chi connectivity index (χ1v) is 8.07. The van der Waals surface area contributed by atoms with E-state index in [1.807, 2.05) is 30.3 Å². The fourth-order valence-corrected chi connectivity index (χ4v) is 2.62. The van der Waals surface area contributed by atoms with Crippen LogP contribution < -0.4 is 18.9 Å². The summed E-state index contributed by atoms with van der Waals surface area (Å²) in [5.41, 5.74) is 2.01. The van der Waals surface area contributed by atoms with Gasteiger partial charge in [0.1, 0.15) is 17.3 Å². The van der Waals surface area contributed by atoms with E-state index < -0.39 is 0 Å². The lowest BCUT2D eigenvalue weighted by atomic mass is 10.1. The molecule has 3 rings (SSSR count). The summed E-state index contributed by atoms with van der Waals surface area (Å²) in [7, 11) is 3.21. The number of methoxy groups -OCH3 is 2. The van der Waals surface area contributed by atoms with Gasteiger partial charge in [-0.15, -0.1) is 0 Å². The molecule has 2 aromatic carbocycles. The first kappa shape index (κ1) is 16.9. The van der Waals surface area contributed by atoms with Crippen molar-refractivity contribution >= 4 is 12.0 Å². The van der Waals surface area contributed by atoms with E-state index in [9.17, 15) is 4.79 Å². The average molecular weight is 340 g/mol. The molecule has 1 heterocycles. The van der Waals surface area contributed by atoms with E-state index in [2.05, 4.69) is 0 Å². The number of benzene rings is 2. The van der Waals surface area contributed by atoms with E-state index in [4.69, 9.17) is 18.9 Å². The Morgan fingerprint density at radius 1 is 1.12 bits per heavy atom. The van der Waals surface area contributed by atoms with Crippen LogP contribution in [0, 0.1) is 0 Å². The predicted molar refractivity (Wildman–Crippen MR) is 94.2 cm³/mol. The van der Waals surface area contributed by atoms with Gasteiger partial charge in [0.15, 0.2) is 11.5 Å². The summed E-state index contributed by atoms with van der Waals surface area (Å²) in [6.07, 6.45) is 2.98. The van der Waals surface area contributed by atoms with Gasteiger partial charge >= 0.3 is 5.97 Å². The number of hydrogen-bond donors (Lipinski definition) is 0. The van der Waals surface area contributed by atoms with Crippen molar-refractivity contribution in [2.24, 2.45) is 0 Å². The average Bonchev–Trinajstić information content (AvgIpc) is 3.02. The molecule has 0 N–H and O–H groups in total. The van der Waals surface area contributed by atoms with Crippen molar-refractivity contribution in [2.75, 3.05) is 14.2 Å². The highest BCUT2D eigenvalue weighted by atomic mass is 16.5. The highest BCUT2D eigenvalue weighted by Crippen LogP contribution is 2.36. The Balaban J connectivity index is 1.79. The van der Waals surface area contributed by atoms with Gasteiger partial charge in [-0.1, -0.05) is 19.1 Å². The summed E-state index contributed by atoms with van der Waals surface area (Å²) in [4.78, 5) is 11.4. The van der Waals surface area contributed by atoms with E-state index >= 15 is 0 Å². The minimum Gasteiger partial charge on any atom is -0.493 e. The van der Waals surface area contributed by atoms with Crippen LogP contribution in [0.25, 0.3) is 6.08 Å². The third-order valence-electron chi connectivity index (χ3n) is 3.90. The fraction of sp³-hybridized carbons (Fsp3) is 0.250. The Labute approximate surface area is 146 Å². The molecule has 0 amide bonds. The molecule has 2 aromatic rings. The Morgan fingerprint density at radius 2 is 1.92 bits per heavy atom. The first-order chi connectivity index (χ1) is 12.1. The van der Waals surface area contributed by atoms with Gasteiger partial charge in [0.2, 0.25) is 0 Å². The van der Waals surface area contributed by atoms with Crippen LogP contribution in [-0.4, -0.2) is 20.2 Å². The van der Waals surface area contributed by atoms with Gasteiger partial charge in [-0.05, 0) is 29.8 Å². The summed E-state index contributed by atoms with van der Waals surface area (Å²) >= 11 is 0. The molecule has 0 fully saturated rings. The Morgan fingerprint density at radius 3 is 2.64 bits per heavy atom. The van der Waals surface area contributed by atoms with Crippen molar-refractivity contribution in [2.45, 2.75) is 19.8 Å². The summed E-state index contributed by atoms with van der Waals surface area (Å²) in [6.45, 7) is 1.76. The van der Waals surface area contributed by atoms with Gasteiger partial charge in [0.05, 0.1) is 14.2 Å². The number of carbonyl (C=O) groups is 1. The van der Waals surface area contributed by atoms with Crippen LogP contribution in [0.15, 0.2) is 42.2 Å². The second-order valence-electron chi connectivity index (χ2n) is 5.60. The molecule has 0 aromatic heterocycles. The maximum atomic E-state index is 11.4. The molecule has 0 aliphatic carbocycles. The zero-order valence-electron chi connectivity index (χ0n) is 14.5. The van der Waals surface area contributed by atoms with Gasteiger partial charge in [-0.25, -0.2) is 0 Å². The second kappa shape index (κ2) is 7.30. The molecule has 0 radical (unpaired) electrons. The van der Waals surface area contributed by atoms with Crippen molar-refractivity contribution in [3.63, 3.8) is 0 Å². The molecule has 0 atom stereocenters. The van der Waals surface area contributed by atoms with Crippen LogP contribution in [-0.2, 0) is 11.2 Å². The van der Waals surface area contributed by atoms with Crippen LogP contribution in [0.1, 0.15) is 24.5 Å². The summed E-state index contributed by atoms with van der Waals surface area (Å²) in [6, 6.07) is 11.1. The zero-order chi connectivity index (χ0) is 17.8. The van der Waals surface area contributed by atoms with Crippen molar-refractivity contribution in [3.05, 3.63) is 53.3 Å². The Kier molecular flexibility index (Phi) is 4.93. The summed E-state index contributed by atoms with van der Waals surface area (Å²) < 4.78 is 21.7. The van der Waals surface area contributed by atoms with Crippen LogP contribution in [0.4, 0.5) is 0 Å². The van der Waals surface area contributed by atoms with Crippen LogP contribution in [0.5, 0.6) is 23.0 Å². The number of carbonyl (C=O) groups excluding carboxylic acids is 1. The number of ether oxygens (including phenoxy) is 4. The normalized spacial score (nSPS) is 14.0. The molecule has 5 heteroatoms. The molecule has 5 nitrogen and oxygen atoms in total. The van der Waals surface area contributed by atoms with E-state index in [1.165, 1.54) is 0 Å². The molecule has 0 unspecified atom stereocenters. The lowest BCUT2D eigenvalue weighted by Crippen LogP contribution is -2.05.